The van der Waals surface area contributed by atoms with Gasteiger partial charge in [-0.25, -0.2) is 16.8 Å². The van der Waals surface area contributed by atoms with Gasteiger partial charge in [-0.2, -0.15) is 0 Å². The lowest BCUT2D eigenvalue weighted by Gasteiger charge is -2.12. The van der Waals surface area contributed by atoms with E-state index in [-0.39, 0.29) is 21.3 Å². The lowest BCUT2D eigenvalue weighted by atomic mass is 10.1. The first-order valence-corrected chi connectivity index (χ1v) is 11.3. The van der Waals surface area contributed by atoms with Gasteiger partial charge in [-0.15, -0.1) is 0 Å². The number of aryl methyl sites for hydroxylation is 2. The van der Waals surface area contributed by atoms with Gasteiger partial charge in [0.25, 0.3) is 10.0 Å². The van der Waals surface area contributed by atoms with Crippen LogP contribution in [0.25, 0.3) is 0 Å². The van der Waals surface area contributed by atoms with Crippen molar-refractivity contribution in [3.63, 3.8) is 0 Å². The number of nitrogens with one attached hydrogen (secondary N) is 2. The third-order valence-electron chi connectivity index (χ3n) is 3.90. The fraction of sp³-hybridized carbons (Fsp3) is 0.250. The van der Waals surface area contributed by atoms with Crippen LogP contribution in [0.2, 0.25) is 5.02 Å². The molecule has 0 unspecified atom stereocenters. The third kappa shape index (κ3) is 4.26. The highest BCUT2D eigenvalue weighted by Gasteiger charge is 2.19. The van der Waals surface area contributed by atoms with Gasteiger partial charge in [-0.3, -0.25) is 9.44 Å². The first-order chi connectivity index (χ1) is 11.6. The van der Waals surface area contributed by atoms with Gasteiger partial charge in [0.1, 0.15) is 0 Å². The summed E-state index contributed by atoms with van der Waals surface area (Å²) in [6.07, 6.45) is 3.91. The zero-order valence-electron chi connectivity index (χ0n) is 13.4. The Labute approximate surface area is 152 Å². The molecular weight excluding hydrogens is 384 g/mol. The SMILES string of the molecule is CS(=O)(=O)Nc1ccc(NS(=O)(=O)c2ccc3c(c2)CCC3)cc1Cl. The fourth-order valence-electron chi connectivity index (χ4n) is 2.79. The minimum atomic E-state index is -3.75. The summed E-state index contributed by atoms with van der Waals surface area (Å²) in [5, 5.41) is 0.0968. The van der Waals surface area contributed by atoms with Crippen LogP contribution < -0.4 is 9.44 Å². The van der Waals surface area contributed by atoms with Crippen LogP contribution in [-0.4, -0.2) is 23.1 Å². The van der Waals surface area contributed by atoms with Crippen LogP contribution in [0, 0.1) is 0 Å². The van der Waals surface area contributed by atoms with Crippen LogP contribution in [0.15, 0.2) is 41.3 Å². The van der Waals surface area contributed by atoms with Gasteiger partial charge in [-0.05, 0) is 60.7 Å². The van der Waals surface area contributed by atoms with Gasteiger partial charge in [0.15, 0.2) is 0 Å². The van der Waals surface area contributed by atoms with E-state index in [1.165, 1.54) is 23.8 Å². The lowest BCUT2D eigenvalue weighted by Crippen LogP contribution is -2.14. The van der Waals surface area contributed by atoms with Crippen molar-refractivity contribution in [2.45, 2.75) is 24.2 Å². The Hall–Kier alpha value is -1.77. The van der Waals surface area contributed by atoms with Crippen molar-refractivity contribution < 1.29 is 16.8 Å². The molecule has 0 saturated heterocycles. The maximum absolute atomic E-state index is 12.6. The summed E-state index contributed by atoms with van der Waals surface area (Å²) in [5.41, 5.74) is 2.70. The molecule has 6 nitrogen and oxygen atoms in total. The largest absolute Gasteiger partial charge is 0.282 e. The molecule has 0 bridgehead atoms. The predicted molar refractivity (Wildman–Crippen MR) is 99.2 cm³/mol. The van der Waals surface area contributed by atoms with Gasteiger partial charge in [0.2, 0.25) is 10.0 Å². The summed E-state index contributed by atoms with van der Waals surface area (Å²) < 4.78 is 52.4. The van der Waals surface area contributed by atoms with Gasteiger partial charge < -0.3 is 0 Å². The summed E-state index contributed by atoms with van der Waals surface area (Å²) in [6, 6.07) is 9.36. The number of halogens is 1. The van der Waals surface area contributed by atoms with Crippen molar-refractivity contribution in [2.24, 2.45) is 0 Å². The van der Waals surface area contributed by atoms with Crippen LogP contribution >= 0.6 is 11.6 Å². The van der Waals surface area contributed by atoms with Crippen LogP contribution in [-0.2, 0) is 32.9 Å². The van der Waals surface area contributed by atoms with Crippen molar-refractivity contribution in [2.75, 3.05) is 15.7 Å². The molecule has 1 aliphatic rings. The number of sulfonamides is 2. The smallest absolute Gasteiger partial charge is 0.261 e. The van der Waals surface area contributed by atoms with Gasteiger partial charge in [0.05, 0.1) is 27.5 Å². The number of rotatable bonds is 5. The zero-order valence-corrected chi connectivity index (χ0v) is 15.8. The Morgan fingerprint density at radius 2 is 1.64 bits per heavy atom. The topological polar surface area (TPSA) is 92.3 Å². The van der Waals surface area contributed by atoms with Crippen LogP contribution in [0.1, 0.15) is 17.5 Å². The van der Waals surface area contributed by atoms with E-state index < -0.39 is 20.0 Å². The Kier molecular flexibility index (Phi) is 4.70. The average molecular weight is 401 g/mol. The van der Waals surface area contributed by atoms with Crippen molar-refractivity contribution in [3.8, 4) is 0 Å². The molecule has 0 aromatic heterocycles. The number of hydrogen-bond acceptors (Lipinski definition) is 4. The summed E-state index contributed by atoms with van der Waals surface area (Å²) in [5.74, 6) is 0. The summed E-state index contributed by atoms with van der Waals surface area (Å²) in [7, 11) is -7.22. The first kappa shape index (κ1) is 18.0. The number of anilines is 2. The lowest BCUT2D eigenvalue weighted by molar-refractivity contribution is 0.600. The summed E-state index contributed by atoms with van der Waals surface area (Å²) in [6.45, 7) is 0. The fourth-order valence-corrected chi connectivity index (χ4v) is 4.75. The molecule has 0 heterocycles. The molecule has 134 valence electrons. The minimum absolute atomic E-state index is 0.0968. The number of hydrogen-bond donors (Lipinski definition) is 2. The monoisotopic (exact) mass is 400 g/mol. The Morgan fingerprint density at radius 1 is 0.920 bits per heavy atom. The Balaban J connectivity index is 1.85. The van der Waals surface area contributed by atoms with E-state index in [1.54, 1.807) is 12.1 Å². The van der Waals surface area contributed by atoms with E-state index in [0.29, 0.717) is 0 Å². The molecule has 0 atom stereocenters. The van der Waals surface area contributed by atoms with E-state index in [1.807, 2.05) is 6.07 Å². The zero-order chi connectivity index (χ0) is 18.2. The highest BCUT2D eigenvalue weighted by atomic mass is 35.5. The molecule has 2 aromatic rings. The van der Waals surface area contributed by atoms with Crippen molar-refractivity contribution in [1.29, 1.82) is 0 Å². The molecule has 3 rings (SSSR count). The van der Waals surface area contributed by atoms with Crippen molar-refractivity contribution in [3.05, 3.63) is 52.5 Å². The summed E-state index contributed by atoms with van der Waals surface area (Å²) >= 11 is 6.03. The molecule has 2 aromatic carbocycles. The molecule has 0 saturated carbocycles. The standard InChI is InChI=1S/C16H17ClN2O4S2/c1-24(20,21)19-16-8-6-13(10-15(16)17)18-25(22,23)14-7-5-11-3-2-4-12(11)9-14/h5-10,18-19H,2-4H2,1H3. The maximum atomic E-state index is 12.6. The average Bonchev–Trinajstić information content (AvgIpc) is 2.96. The van der Waals surface area contributed by atoms with Crippen molar-refractivity contribution in [1.82, 2.24) is 0 Å². The van der Waals surface area contributed by atoms with E-state index in [9.17, 15) is 16.8 Å². The normalized spacial score (nSPS) is 14.2. The second-order valence-electron chi connectivity index (χ2n) is 5.96. The number of benzene rings is 2. The van der Waals surface area contributed by atoms with Crippen LogP contribution in [0.3, 0.4) is 0 Å². The number of fused-ring (bicyclic) bond motifs is 1. The molecule has 9 heteroatoms. The van der Waals surface area contributed by atoms with Crippen molar-refractivity contribution >= 4 is 43.0 Å². The van der Waals surface area contributed by atoms with E-state index in [4.69, 9.17) is 11.6 Å². The second kappa shape index (κ2) is 6.51. The molecule has 2 N–H and O–H groups in total. The Morgan fingerprint density at radius 3 is 2.32 bits per heavy atom. The molecule has 0 spiro atoms. The Bertz CT molecular complexity index is 1030. The highest BCUT2D eigenvalue weighted by molar-refractivity contribution is 7.92. The second-order valence-corrected chi connectivity index (χ2v) is 9.80. The molecular formula is C16H17ClN2O4S2. The molecule has 0 fully saturated rings. The molecule has 0 amide bonds. The molecule has 25 heavy (non-hydrogen) atoms. The quantitative estimate of drug-likeness (QED) is 0.806. The maximum Gasteiger partial charge on any atom is 0.261 e. The molecule has 1 aliphatic carbocycles. The van der Waals surface area contributed by atoms with E-state index in [2.05, 4.69) is 9.44 Å². The molecule has 0 aliphatic heterocycles. The summed E-state index contributed by atoms with van der Waals surface area (Å²) in [4.78, 5) is 0.197. The minimum Gasteiger partial charge on any atom is -0.282 e. The highest BCUT2D eigenvalue weighted by Crippen LogP contribution is 2.29. The van der Waals surface area contributed by atoms with E-state index in [0.717, 1.165) is 31.1 Å². The molecule has 0 radical (unpaired) electrons. The van der Waals surface area contributed by atoms with Gasteiger partial charge >= 0.3 is 0 Å². The van der Waals surface area contributed by atoms with E-state index >= 15 is 0 Å². The predicted octanol–water partition coefficient (Wildman–Crippen LogP) is 3.00. The van der Waals surface area contributed by atoms with Gasteiger partial charge in [-0.1, -0.05) is 17.7 Å². The first-order valence-electron chi connectivity index (χ1n) is 7.56. The van der Waals surface area contributed by atoms with Crippen LogP contribution in [0.4, 0.5) is 11.4 Å². The van der Waals surface area contributed by atoms with Crippen LogP contribution in [0.5, 0.6) is 0 Å². The van der Waals surface area contributed by atoms with Gasteiger partial charge in [0, 0.05) is 0 Å². The third-order valence-corrected chi connectivity index (χ3v) is 6.18.